The lowest BCUT2D eigenvalue weighted by molar-refractivity contribution is 0.0635. The van der Waals surface area contributed by atoms with Crippen molar-refractivity contribution in [3.05, 3.63) is 8.45 Å². The Morgan fingerprint density at radius 1 is 1.53 bits per heavy atom. The summed E-state index contributed by atoms with van der Waals surface area (Å²) in [4.78, 5) is 12.5. The highest BCUT2D eigenvalue weighted by Crippen LogP contribution is 2.24. The molecular formula is C9H13IN2O2S. The Morgan fingerprint density at radius 3 is 2.53 bits per heavy atom. The van der Waals surface area contributed by atoms with E-state index in [4.69, 9.17) is 4.74 Å². The first-order valence-corrected chi connectivity index (χ1v) is 6.26. The number of carbonyl (C=O) groups is 1. The first kappa shape index (κ1) is 12.7. The monoisotopic (exact) mass is 340 g/mol. The molecule has 1 heterocycles. The molecule has 0 unspecified atom stereocenters. The second-order valence-electron chi connectivity index (χ2n) is 4.03. The van der Waals surface area contributed by atoms with Crippen molar-refractivity contribution in [1.82, 2.24) is 4.37 Å². The van der Waals surface area contributed by atoms with Crippen LogP contribution in [0.25, 0.3) is 0 Å². The van der Waals surface area contributed by atoms with Crippen molar-refractivity contribution in [3.8, 4) is 0 Å². The van der Waals surface area contributed by atoms with Crippen LogP contribution in [0.4, 0.5) is 10.6 Å². The maximum Gasteiger partial charge on any atom is 0.413 e. The highest BCUT2D eigenvalue weighted by molar-refractivity contribution is 14.1. The van der Waals surface area contributed by atoms with Gasteiger partial charge in [0.2, 0.25) is 0 Å². The summed E-state index contributed by atoms with van der Waals surface area (Å²) in [7, 11) is 0. The van der Waals surface area contributed by atoms with E-state index in [9.17, 15) is 4.79 Å². The quantitative estimate of drug-likeness (QED) is 0.797. The topological polar surface area (TPSA) is 51.2 Å². The Hall–Kier alpha value is -0.370. The molecule has 1 aromatic heterocycles. The van der Waals surface area contributed by atoms with Crippen LogP contribution in [0.5, 0.6) is 0 Å². The molecule has 1 N–H and O–H groups in total. The van der Waals surface area contributed by atoms with Crippen molar-refractivity contribution in [2.45, 2.75) is 33.3 Å². The maximum atomic E-state index is 11.4. The lowest BCUT2D eigenvalue weighted by Crippen LogP contribution is -2.27. The third kappa shape index (κ3) is 3.94. The molecule has 0 saturated carbocycles. The molecule has 0 aliphatic heterocycles. The summed E-state index contributed by atoms with van der Waals surface area (Å²) < 4.78 is 10.2. The molecule has 0 saturated heterocycles. The summed E-state index contributed by atoms with van der Waals surface area (Å²) in [6.45, 7) is 7.43. The van der Waals surface area contributed by atoms with Gasteiger partial charge in [0.25, 0.3) is 0 Å². The van der Waals surface area contributed by atoms with Gasteiger partial charge in [0.15, 0.2) is 5.82 Å². The Labute approximate surface area is 107 Å². The van der Waals surface area contributed by atoms with Crippen LogP contribution in [0, 0.1) is 10.5 Å². The minimum Gasteiger partial charge on any atom is -0.444 e. The number of halogens is 1. The van der Waals surface area contributed by atoms with Crippen molar-refractivity contribution in [3.63, 3.8) is 0 Å². The number of carbonyl (C=O) groups excluding carboxylic acids is 1. The Balaban J connectivity index is 2.63. The molecule has 0 aliphatic rings. The van der Waals surface area contributed by atoms with Gasteiger partial charge in [-0.15, -0.1) is 0 Å². The zero-order valence-electron chi connectivity index (χ0n) is 9.05. The van der Waals surface area contributed by atoms with E-state index in [1.165, 1.54) is 11.5 Å². The average molecular weight is 340 g/mol. The SMILES string of the molecule is Cc1snc(NC(=O)OC(C)(C)C)c1I. The van der Waals surface area contributed by atoms with Crippen LogP contribution in [0.3, 0.4) is 0 Å². The number of hydrogen-bond donors (Lipinski definition) is 1. The van der Waals surface area contributed by atoms with E-state index in [-0.39, 0.29) is 0 Å². The van der Waals surface area contributed by atoms with Crippen LogP contribution in [-0.2, 0) is 4.74 Å². The first-order chi connectivity index (χ1) is 6.79. The normalized spacial score (nSPS) is 11.3. The number of rotatable bonds is 1. The van der Waals surface area contributed by atoms with Crippen molar-refractivity contribution in [2.75, 3.05) is 5.32 Å². The highest BCUT2D eigenvalue weighted by Gasteiger charge is 2.18. The summed E-state index contributed by atoms with van der Waals surface area (Å²) in [6.07, 6.45) is -0.467. The molecule has 0 fully saturated rings. The second kappa shape index (κ2) is 4.65. The molecule has 0 aromatic carbocycles. The number of aromatic nitrogens is 1. The van der Waals surface area contributed by atoms with Gasteiger partial charge in [0, 0.05) is 4.88 Å². The molecule has 0 spiro atoms. The second-order valence-corrected chi connectivity index (χ2v) is 6.08. The van der Waals surface area contributed by atoms with E-state index < -0.39 is 11.7 Å². The molecule has 0 aliphatic carbocycles. The molecule has 4 nitrogen and oxygen atoms in total. The van der Waals surface area contributed by atoms with Gasteiger partial charge in [-0.3, -0.25) is 5.32 Å². The van der Waals surface area contributed by atoms with E-state index in [1.54, 1.807) is 0 Å². The molecule has 15 heavy (non-hydrogen) atoms. The van der Waals surface area contributed by atoms with E-state index in [2.05, 4.69) is 32.3 Å². The van der Waals surface area contributed by atoms with Gasteiger partial charge >= 0.3 is 6.09 Å². The smallest absolute Gasteiger partial charge is 0.413 e. The summed E-state index contributed by atoms with van der Waals surface area (Å²) in [5, 5.41) is 2.62. The number of nitrogens with zero attached hydrogens (tertiary/aromatic N) is 1. The van der Waals surface area contributed by atoms with Crippen LogP contribution in [0.2, 0.25) is 0 Å². The van der Waals surface area contributed by atoms with Gasteiger partial charge in [0.1, 0.15) is 5.60 Å². The number of aryl methyl sites for hydroxylation is 1. The largest absolute Gasteiger partial charge is 0.444 e. The lowest BCUT2D eigenvalue weighted by atomic mass is 10.2. The minimum absolute atomic E-state index is 0.467. The standard InChI is InChI=1S/C9H13IN2O2S/c1-5-6(10)7(12-15-5)11-8(13)14-9(2,3)4/h1-4H3,(H,11,12,13). The predicted molar refractivity (Wildman–Crippen MR) is 69.4 cm³/mol. The number of hydrogen-bond acceptors (Lipinski definition) is 4. The van der Waals surface area contributed by atoms with E-state index >= 15 is 0 Å². The van der Waals surface area contributed by atoms with Crippen LogP contribution in [0.1, 0.15) is 25.6 Å². The van der Waals surface area contributed by atoms with Crippen molar-refractivity contribution < 1.29 is 9.53 Å². The molecule has 6 heteroatoms. The Morgan fingerprint density at radius 2 is 2.13 bits per heavy atom. The number of nitrogens with one attached hydrogen (secondary N) is 1. The first-order valence-electron chi connectivity index (χ1n) is 4.41. The van der Waals surface area contributed by atoms with E-state index in [1.807, 2.05) is 27.7 Å². The minimum atomic E-state index is -0.486. The summed E-state index contributed by atoms with van der Waals surface area (Å²) in [6, 6.07) is 0. The van der Waals surface area contributed by atoms with Gasteiger partial charge in [-0.2, -0.15) is 4.37 Å². The van der Waals surface area contributed by atoms with Crippen molar-refractivity contribution >= 4 is 46.0 Å². The fourth-order valence-electron chi connectivity index (χ4n) is 0.839. The molecule has 0 radical (unpaired) electrons. The summed E-state index contributed by atoms with van der Waals surface area (Å²) >= 11 is 3.51. The maximum absolute atomic E-state index is 11.4. The Kier molecular flexibility index (Phi) is 3.93. The number of ether oxygens (including phenoxy) is 1. The predicted octanol–water partition coefficient (Wildman–Crippen LogP) is 3.40. The van der Waals surface area contributed by atoms with Crippen molar-refractivity contribution in [1.29, 1.82) is 0 Å². The van der Waals surface area contributed by atoms with Crippen LogP contribution >= 0.6 is 34.1 Å². The van der Waals surface area contributed by atoms with Gasteiger partial charge in [0.05, 0.1) is 3.57 Å². The zero-order valence-corrected chi connectivity index (χ0v) is 12.0. The molecule has 1 rings (SSSR count). The third-order valence-electron chi connectivity index (χ3n) is 1.41. The van der Waals surface area contributed by atoms with Gasteiger partial charge in [-0.25, -0.2) is 4.79 Å². The van der Waals surface area contributed by atoms with Gasteiger partial charge in [-0.05, 0) is 61.8 Å². The summed E-state index contributed by atoms with van der Waals surface area (Å²) in [5.41, 5.74) is -0.486. The van der Waals surface area contributed by atoms with Gasteiger partial charge < -0.3 is 4.74 Å². The molecule has 1 amide bonds. The number of amides is 1. The van der Waals surface area contributed by atoms with E-state index in [0.717, 1.165) is 8.45 Å². The fourth-order valence-corrected chi connectivity index (χ4v) is 2.10. The molecule has 84 valence electrons. The van der Waals surface area contributed by atoms with Crippen molar-refractivity contribution in [2.24, 2.45) is 0 Å². The molecular weight excluding hydrogens is 327 g/mol. The van der Waals surface area contributed by atoms with Gasteiger partial charge in [-0.1, -0.05) is 0 Å². The zero-order chi connectivity index (χ0) is 11.6. The fraction of sp³-hybridized carbons (Fsp3) is 0.556. The van der Waals surface area contributed by atoms with Crippen LogP contribution < -0.4 is 5.32 Å². The third-order valence-corrected chi connectivity index (χ3v) is 3.85. The molecule has 1 aromatic rings. The highest BCUT2D eigenvalue weighted by atomic mass is 127. The van der Waals surface area contributed by atoms with Crippen LogP contribution in [0.15, 0.2) is 0 Å². The average Bonchev–Trinajstić information content (AvgIpc) is 2.32. The van der Waals surface area contributed by atoms with E-state index in [0.29, 0.717) is 5.82 Å². The molecule has 0 atom stereocenters. The summed E-state index contributed by atoms with van der Waals surface area (Å²) in [5.74, 6) is 0.576. The number of anilines is 1. The van der Waals surface area contributed by atoms with Crippen LogP contribution in [-0.4, -0.2) is 16.1 Å². The lowest BCUT2D eigenvalue weighted by Gasteiger charge is -2.19. The molecule has 0 bridgehead atoms. The Bertz CT molecular complexity index is 371.